The number of benzene rings is 1. The maximum Gasteiger partial charge on any atom is 0.0702 e. The van der Waals surface area contributed by atoms with E-state index < -0.39 is 0 Å². The lowest BCUT2D eigenvalue weighted by atomic mass is 9.92. The molecule has 0 bridgehead atoms. The summed E-state index contributed by atoms with van der Waals surface area (Å²) in [6.45, 7) is 3.31. The van der Waals surface area contributed by atoms with Crippen molar-refractivity contribution in [3.8, 4) is 0 Å². The van der Waals surface area contributed by atoms with E-state index in [0.717, 1.165) is 18.0 Å². The van der Waals surface area contributed by atoms with Crippen molar-refractivity contribution in [1.29, 1.82) is 0 Å². The molecule has 2 aromatic rings. The molecule has 3 rings (SSSR count). The fourth-order valence-electron chi connectivity index (χ4n) is 2.93. The molecule has 0 saturated carbocycles. The normalized spacial score (nSPS) is 20.4. The van der Waals surface area contributed by atoms with E-state index in [1.54, 1.807) is 0 Å². The first kappa shape index (κ1) is 13.9. The van der Waals surface area contributed by atoms with Crippen molar-refractivity contribution in [2.75, 3.05) is 18.1 Å². The number of pyridine rings is 1. The average molecular weight is 286 g/mol. The smallest absolute Gasteiger partial charge is 0.0702 e. The van der Waals surface area contributed by atoms with Crippen LogP contribution in [-0.2, 0) is 0 Å². The van der Waals surface area contributed by atoms with E-state index in [-0.39, 0.29) is 0 Å². The van der Waals surface area contributed by atoms with Crippen LogP contribution in [0.1, 0.15) is 31.4 Å². The molecule has 0 amide bonds. The van der Waals surface area contributed by atoms with Gasteiger partial charge in [0.05, 0.1) is 5.52 Å². The molecular weight excluding hydrogens is 264 g/mol. The highest BCUT2D eigenvalue weighted by Crippen LogP contribution is 2.34. The van der Waals surface area contributed by atoms with Crippen LogP contribution in [0.2, 0.25) is 0 Å². The minimum Gasteiger partial charge on any atom is -0.310 e. The van der Waals surface area contributed by atoms with Crippen molar-refractivity contribution in [3.05, 3.63) is 42.1 Å². The summed E-state index contributed by atoms with van der Waals surface area (Å²) in [7, 11) is 0. The number of para-hydroxylation sites is 1. The molecule has 1 saturated heterocycles. The van der Waals surface area contributed by atoms with Crippen LogP contribution < -0.4 is 5.32 Å². The van der Waals surface area contributed by atoms with Crippen LogP contribution in [0.15, 0.2) is 36.5 Å². The summed E-state index contributed by atoms with van der Waals surface area (Å²) in [4.78, 5) is 4.63. The van der Waals surface area contributed by atoms with Crippen LogP contribution in [0.3, 0.4) is 0 Å². The minimum absolute atomic E-state index is 0.460. The van der Waals surface area contributed by atoms with E-state index in [1.165, 1.54) is 35.3 Å². The second-order valence-electron chi connectivity index (χ2n) is 5.52. The second-order valence-corrected chi connectivity index (χ2v) is 6.67. The molecule has 1 aliphatic rings. The number of rotatable bonds is 5. The molecule has 0 radical (unpaired) electrons. The van der Waals surface area contributed by atoms with Crippen molar-refractivity contribution < 1.29 is 0 Å². The third kappa shape index (κ3) is 2.99. The lowest BCUT2D eigenvalue weighted by Crippen LogP contribution is -2.29. The Morgan fingerprint density at radius 1 is 1.40 bits per heavy atom. The van der Waals surface area contributed by atoms with Crippen LogP contribution in [0.4, 0.5) is 0 Å². The highest BCUT2D eigenvalue weighted by molar-refractivity contribution is 7.99. The summed E-state index contributed by atoms with van der Waals surface area (Å²) < 4.78 is 0. The zero-order chi connectivity index (χ0) is 13.8. The van der Waals surface area contributed by atoms with Gasteiger partial charge in [-0.25, -0.2) is 0 Å². The van der Waals surface area contributed by atoms with Crippen LogP contribution in [-0.4, -0.2) is 23.0 Å². The Morgan fingerprint density at radius 2 is 2.30 bits per heavy atom. The van der Waals surface area contributed by atoms with E-state index >= 15 is 0 Å². The predicted molar refractivity (Wildman–Crippen MR) is 88.2 cm³/mol. The fraction of sp³-hybridized carbons (Fsp3) is 0.471. The third-order valence-corrected chi connectivity index (χ3v) is 5.21. The van der Waals surface area contributed by atoms with Gasteiger partial charge < -0.3 is 5.32 Å². The van der Waals surface area contributed by atoms with Gasteiger partial charge in [-0.05, 0) is 54.5 Å². The Balaban J connectivity index is 1.90. The Hall–Kier alpha value is -1.06. The van der Waals surface area contributed by atoms with Crippen molar-refractivity contribution in [2.24, 2.45) is 5.92 Å². The lowest BCUT2D eigenvalue weighted by molar-refractivity contribution is 0.393. The molecule has 2 atom stereocenters. The van der Waals surface area contributed by atoms with Crippen LogP contribution >= 0.6 is 11.8 Å². The standard InChI is InChI=1S/C17H22N2S/c1-2-8-18-17(14-7-9-20-12-14)15-10-13-5-3-4-6-16(13)19-11-15/h3-6,10-11,14,17-18H,2,7-9,12H2,1H3. The van der Waals surface area contributed by atoms with E-state index in [1.807, 2.05) is 0 Å². The molecule has 3 heteroatoms. The van der Waals surface area contributed by atoms with Crippen molar-refractivity contribution >= 4 is 22.7 Å². The third-order valence-electron chi connectivity index (χ3n) is 4.02. The van der Waals surface area contributed by atoms with Gasteiger partial charge in [0.15, 0.2) is 0 Å². The van der Waals surface area contributed by atoms with Gasteiger partial charge in [-0.15, -0.1) is 0 Å². The first-order valence-corrected chi connectivity index (χ1v) is 8.70. The number of hydrogen-bond acceptors (Lipinski definition) is 3. The molecule has 106 valence electrons. The van der Waals surface area contributed by atoms with E-state index in [9.17, 15) is 0 Å². The van der Waals surface area contributed by atoms with Gasteiger partial charge in [0.2, 0.25) is 0 Å². The maximum absolute atomic E-state index is 4.63. The summed E-state index contributed by atoms with van der Waals surface area (Å²) >= 11 is 2.08. The van der Waals surface area contributed by atoms with Gasteiger partial charge in [-0.3, -0.25) is 4.98 Å². The molecule has 2 heterocycles. The summed E-state index contributed by atoms with van der Waals surface area (Å²) in [5.41, 5.74) is 2.44. The Labute approximate surface area is 125 Å². The Bertz CT molecular complexity index is 564. The van der Waals surface area contributed by atoms with Crippen molar-refractivity contribution in [3.63, 3.8) is 0 Å². The number of thioether (sulfide) groups is 1. The number of nitrogens with zero attached hydrogens (tertiary/aromatic N) is 1. The zero-order valence-electron chi connectivity index (χ0n) is 12.0. The summed E-state index contributed by atoms with van der Waals surface area (Å²) in [5.74, 6) is 3.32. The summed E-state index contributed by atoms with van der Waals surface area (Å²) in [5, 5.41) is 4.99. The molecule has 1 aromatic heterocycles. The first-order chi connectivity index (χ1) is 9.88. The van der Waals surface area contributed by atoms with Gasteiger partial charge >= 0.3 is 0 Å². The van der Waals surface area contributed by atoms with Gasteiger partial charge in [0.1, 0.15) is 0 Å². The molecule has 2 nitrogen and oxygen atoms in total. The molecule has 2 unspecified atom stereocenters. The second kappa shape index (κ2) is 6.59. The predicted octanol–water partition coefficient (Wildman–Crippen LogP) is 4.03. The van der Waals surface area contributed by atoms with Gasteiger partial charge in [-0.2, -0.15) is 11.8 Å². The van der Waals surface area contributed by atoms with E-state index in [0.29, 0.717) is 6.04 Å². The van der Waals surface area contributed by atoms with E-state index in [2.05, 4.69) is 65.5 Å². The summed E-state index contributed by atoms with van der Waals surface area (Å²) in [6, 6.07) is 11.2. The van der Waals surface area contributed by atoms with E-state index in [4.69, 9.17) is 0 Å². The van der Waals surface area contributed by atoms with Gasteiger partial charge in [0, 0.05) is 17.6 Å². The number of hydrogen-bond donors (Lipinski definition) is 1. The average Bonchev–Trinajstić information content (AvgIpc) is 3.02. The largest absolute Gasteiger partial charge is 0.310 e. The highest BCUT2D eigenvalue weighted by Gasteiger charge is 2.26. The number of nitrogens with one attached hydrogen (secondary N) is 1. The zero-order valence-corrected chi connectivity index (χ0v) is 12.8. The lowest BCUT2D eigenvalue weighted by Gasteiger charge is -2.24. The van der Waals surface area contributed by atoms with Crippen molar-refractivity contribution in [1.82, 2.24) is 10.3 Å². The number of aromatic nitrogens is 1. The Kier molecular flexibility index (Phi) is 4.58. The van der Waals surface area contributed by atoms with Crippen LogP contribution in [0.25, 0.3) is 10.9 Å². The molecule has 1 aromatic carbocycles. The quantitative estimate of drug-likeness (QED) is 0.898. The Morgan fingerprint density at radius 3 is 3.10 bits per heavy atom. The maximum atomic E-state index is 4.63. The molecular formula is C17H22N2S. The van der Waals surface area contributed by atoms with Gasteiger partial charge in [-0.1, -0.05) is 25.1 Å². The van der Waals surface area contributed by atoms with Crippen LogP contribution in [0.5, 0.6) is 0 Å². The topological polar surface area (TPSA) is 24.9 Å². The SMILES string of the molecule is CCCNC(c1cnc2ccccc2c1)C1CCSC1. The highest BCUT2D eigenvalue weighted by atomic mass is 32.2. The minimum atomic E-state index is 0.460. The molecule has 1 fully saturated rings. The molecule has 0 aliphatic carbocycles. The van der Waals surface area contributed by atoms with Crippen molar-refractivity contribution in [2.45, 2.75) is 25.8 Å². The summed E-state index contributed by atoms with van der Waals surface area (Å²) in [6.07, 6.45) is 4.56. The molecule has 1 N–H and O–H groups in total. The van der Waals surface area contributed by atoms with Crippen LogP contribution in [0, 0.1) is 5.92 Å². The molecule has 0 spiro atoms. The number of fused-ring (bicyclic) bond motifs is 1. The first-order valence-electron chi connectivity index (χ1n) is 7.54. The monoisotopic (exact) mass is 286 g/mol. The van der Waals surface area contributed by atoms with Gasteiger partial charge in [0.25, 0.3) is 0 Å². The molecule has 20 heavy (non-hydrogen) atoms. The fourth-order valence-corrected chi connectivity index (χ4v) is 4.23. The molecule has 1 aliphatic heterocycles.